The molecule has 0 atom stereocenters. The van der Waals surface area contributed by atoms with Crippen molar-refractivity contribution >= 4 is 60.3 Å². The van der Waals surface area contributed by atoms with Crippen LogP contribution in [0.1, 0.15) is 20.3 Å². The van der Waals surface area contributed by atoms with Gasteiger partial charge in [-0.05, 0) is 87.6 Å². The Bertz CT molecular complexity index is 2750. The highest BCUT2D eigenvalue weighted by molar-refractivity contribution is 6.19. The van der Waals surface area contributed by atoms with E-state index < -0.39 is 0 Å². The second kappa shape index (κ2) is 11.3. The van der Waals surface area contributed by atoms with Crippen LogP contribution in [0.25, 0.3) is 93.8 Å². The smallest absolute Gasteiger partial charge is 0.178 e. The van der Waals surface area contributed by atoms with Crippen LogP contribution in [0, 0.1) is 0 Å². The van der Waals surface area contributed by atoms with Crippen molar-refractivity contribution in [3.63, 3.8) is 0 Å². The van der Waals surface area contributed by atoms with Crippen LogP contribution in [0.15, 0.2) is 155 Å². The van der Waals surface area contributed by atoms with Gasteiger partial charge in [-0.15, -0.1) is 0 Å². The first-order valence-corrected chi connectivity index (χ1v) is 16.5. The van der Waals surface area contributed by atoms with Crippen molar-refractivity contribution in [2.75, 3.05) is 0 Å². The number of hydrogen-bond donors (Lipinski definition) is 0. The Balaban J connectivity index is 0.00000101. The number of benzene rings is 6. The average Bonchev–Trinajstić information content (AvgIpc) is 3.85. The van der Waals surface area contributed by atoms with Crippen LogP contribution < -0.4 is 0 Å². The molecular weight excluding hydrogens is 588 g/mol. The van der Waals surface area contributed by atoms with Crippen molar-refractivity contribution in [1.82, 2.24) is 9.38 Å². The molecule has 0 saturated carbocycles. The van der Waals surface area contributed by atoms with E-state index in [0.717, 1.165) is 66.3 Å². The highest BCUT2D eigenvalue weighted by atomic mass is 16.4. The maximum atomic E-state index is 6.36. The summed E-state index contributed by atoms with van der Waals surface area (Å²) < 4.78 is 14.7. The zero-order valence-corrected chi connectivity index (χ0v) is 26.8. The first kappa shape index (κ1) is 28.1. The molecule has 0 amide bonds. The molecule has 4 aromatic heterocycles. The number of pyridine rings is 1. The van der Waals surface area contributed by atoms with Gasteiger partial charge in [-0.3, -0.25) is 0 Å². The van der Waals surface area contributed by atoms with Crippen LogP contribution in [-0.4, -0.2) is 9.38 Å². The molecule has 0 radical (unpaired) electrons. The lowest BCUT2D eigenvalue weighted by atomic mass is 9.96. The molecule has 48 heavy (non-hydrogen) atoms. The summed E-state index contributed by atoms with van der Waals surface area (Å²) in [5, 5.41) is 6.76. The summed E-state index contributed by atoms with van der Waals surface area (Å²) in [6, 6.07) is 47.0. The molecule has 230 valence electrons. The van der Waals surface area contributed by atoms with Crippen molar-refractivity contribution in [3.05, 3.63) is 146 Å². The third-order valence-corrected chi connectivity index (χ3v) is 9.03. The first-order valence-electron chi connectivity index (χ1n) is 16.5. The fourth-order valence-electron chi connectivity index (χ4n) is 6.71. The van der Waals surface area contributed by atoms with E-state index in [4.69, 9.17) is 13.8 Å². The maximum Gasteiger partial charge on any atom is 0.178 e. The SMILES string of the molecule is CCC.c1ccc2c(c1)oc1c2ccc2c3cc(-c4ccc5cc(-c6ccc(-c7cn8ccccc8n7)cc6)ccc5c4)ccc3oc21. The average molecular weight is 621 g/mol. The minimum absolute atomic E-state index is 0.799. The van der Waals surface area contributed by atoms with Crippen molar-refractivity contribution in [2.24, 2.45) is 0 Å². The molecule has 0 aliphatic heterocycles. The Morgan fingerprint density at radius 3 is 1.79 bits per heavy atom. The number of aromatic nitrogens is 2. The molecule has 0 fully saturated rings. The van der Waals surface area contributed by atoms with E-state index in [1.807, 2.05) is 42.6 Å². The van der Waals surface area contributed by atoms with Crippen LogP contribution in [0.2, 0.25) is 0 Å². The second-order valence-electron chi connectivity index (χ2n) is 12.4. The van der Waals surface area contributed by atoms with Crippen LogP contribution in [0.5, 0.6) is 0 Å². The zero-order chi connectivity index (χ0) is 32.2. The summed E-state index contributed by atoms with van der Waals surface area (Å²) in [5.41, 5.74) is 11.1. The van der Waals surface area contributed by atoms with E-state index in [-0.39, 0.29) is 0 Å². The number of hydrogen-bond acceptors (Lipinski definition) is 3. The number of para-hydroxylation sites is 1. The van der Waals surface area contributed by atoms with Crippen molar-refractivity contribution < 1.29 is 8.83 Å². The molecule has 4 heteroatoms. The molecule has 0 aliphatic carbocycles. The summed E-state index contributed by atoms with van der Waals surface area (Å²) in [6.45, 7) is 4.25. The van der Waals surface area contributed by atoms with Gasteiger partial charge in [-0.2, -0.15) is 0 Å². The van der Waals surface area contributed by atoms with Crippen LogP contribution in [0.3, 0.4) is 0 Å². The van der Waals surface area contributed by atoms with Crippen molar-refractivity contribution in [2.45, 2.75) is 20.3 Å². The van der Waals surface area contributed by atoms with Gasteiger partial charge in [-0.1, -0.05) is 99.1 Å². The largest absolute Gasteiger partial charge is 0.452 e. The maximum absolute atomic E-state index is 6.36. The number of nitrogens with zero attached hydrogens (tertiary/aromatic N) is 2. The quantitative estimate of drug-likeness (QED) is 0.197. The molecule has 0 aliphatic rings. The third-order valence-electron chi connectivity index (χ3n) is 9.03. The van der Waals surface area contributed by atoms with Gasteiger partial charge in [0.1, 0.15) is 16.8 Å². The lowest BCUT2D eigenvalue weighted by Gasteiger charge is -2.08. The van der Waals surface area contributed by atoms with E-state index in [0.29, 0.717) is 0 Å². The molecule has 0 bridgehead atoms. The van der Waals surface area contributed by atoms with Crippen molar-refractivity contribution in [3.8, 4) is 33.5 Å². The highest BCUT2D eigenvalue weighted by Gasteiger charge is 2.16. The van der Waals surface area contributed by atoms with Gasteiger partial charge < -0.3 is 13.2 Å². The lowest BCUT2D eigenvalue weighted by molar-refractivity contribution is 0.633. The number of imidazole rings is 1. The summed E-state index contributed by atoms with van der Waals surface area (Å²) in [7, 11) is 0. The van der Waals surface area contributed by atoms with E-state index >= 15 is 0 Å². The fourth-order valence-corrected chi connectivity index (χ4v) is 6.71. The third kappa shape index (κ3) is 4.65. The van der Waals surface area contributed by atoms with Crippen LogP contribution >= 0.6 is 0 Å². The number of rotatable bonds is 3. The minimum Gasteiger partial charge on any atom is -0.452 e. The van der Waals surface area contributed by atoms with Gasteiger partial charge in [0, 0.05) is 39.5 Å². The topological polar surface area (TPSA) is 43.6 Å². The van der Waals surface area contributed by atoms with Crippen LogP contribution in [-0.2, 0) is 0 Å². The Morgan fingerprint density at radius 1 is 0.500 bits per heavy atom. The normalized spacial score (nSPS) is 11.6. The Hall–Kier alpha value is -6.13. The number of fused-ring (bicyclic) bond motifs is 9. The molecule has 6 aromatic carbocycles. The Labute approximate surface area is 277 Å². The molecule has 10 aromatic rings. The fraction of sp³-hybridized carbons (Fsp3) is 0.0682. The molecule has 0 spiro atoms. The summed E-state index contributed by atoms with van der Waals surface area (Å²) >= 11 is 0. The summed E-state index contributed by atoms with van der Waals surface area (Å²) in [4.78, 5) is 4.76. The van der Waals surface area contributed by atoms with Gasteiger partial charge in [0.05, 0.1) is 5.69 Å². The lowest BCUT2D eigenvalue weighted by Crippen LogP contribution is -1.83. The van der Waals surface area contributed by atoms with Gasteiger partial charge in [0.25, 0.3) is 0 Å². The van der Waals surface area contributed by atoms with Crippen molar-refractivity contribution in [1.29, 1.82) is 0 Å². The molecule has 0 N–H and O–H groups in total. The molecule has 4 nitrogen and oxygen atoms in total. The minimum atomic E-state index is 0.799. The predicted molar refractivity (Wildman–Crippen MR) is 200 cm³/mol. The highest BCUT2D eigenvalue weighted by Crippen LogP contribution is 2.40. The second-order valence-corrected chi connectivity index (χ2v) is 12.4. The first-order chi connectivity index (χ1) is 23.7. The van der Waals surface area contributed by atoms with E-state index in [2.05, 4.69) is 122 Å². The van der Waals surface area contributed by atoms with E-state index in [1.165, 1.54) is 33.9 Å². The molecule has 0 saturated heterocycles. The summed E-state index contributed by atoms with van der Waals surface area (Å²) in [5.74, 6) is 0. The van der Waals surface area contributed by atoms with Crippen LogP contribution in [0.4, 0.5) is 0 Å². The van der Waals surface area contributed by atoms with Gasteiger partial charge in [-0.25, -0.2) is 4.98 Å². The summed E-state index contributed by atoms with van der Waals surface area (Å²) in [6.07, 6.45) is 5.35. The molecule has 4 heterocycles. The van der Waals surface area contributed by atoms with Gasteiger partial charge in [0.15, 0.2) is 11.2 Å². The van der Waals surface area contributed by atoms with E-state index in [9.17, 15) is 0 Å². The number of furan rings is 2. The Kier molecular flexibility index (Phi) is 6.61. The Morgan fingerprint density at radius 2 is 1.06 bits per heavy atom. The molecular formula is C44H32N2O2. The zero-order valence-electron chi connectivity index (χ0n) is 26.8. The molecule has 10 rings (SSSR count). The van der Waals surface area contributed by atoms with Gasteiger partial charge in [0.2, 0.25) is 0 Å². The monoisotopic (exact) mass is 620 g/mol. The standard InChI is InChI=1S/C41H24N2O2.C3H8/c1-2-6-37-32(5-1)33-17-18-34-35-23-31(16-19-38(35)45-41(34)40(33)44-37)30-15-14-28-21-27(12-13-29(28)22-30)25-8-10-26(11-9-25)36-24-43-20-4-3-7-39(43)42-36;1-3-2/h1-24H;3H2,1-2H3. The van der Waals surface area contributed by atoms with Gasteiger partial charge >= 0.3 is 0 Å². The molecule has 0 unspecified atom stereocenters. The van der Waals surface area contributed by atoms with E-state index in [1.54, 1.807) is 0 Å². The predicted octanol–water partition coefficient (Wildman–Crippen LogP) is 12.7.